The van der Waals surface area contributed by atoms with Crippen molar-refractivity contribution in [2.45, 2.75) is 24.4 Å². The quantitative estimate of drug-likeness (QED) is 0.129. The molecule has 0 saturated heterocycles. The lowest BCUT2D eigenvalue weighted by Crippen LogP contribution is -2.15. The Balaban J connectivity index is 1.77. The van der Waals surface area contributed by atoms with E-state index in [1.54, 1.807) is 19.1 Å². The molecule has 0 unspecified atom stereocenters. The van der Waals surface area contributed by atoms with Crippen LogP contribution in [0.3, 0.4) is 0 Å². The standard InChI is InChI=1S/C26H23N3O4S/c1-2-33-23(30)17-28-25(21-11-7-4-8-12-21)24(20-9-5-3-6-10-20)27-26(28)34-18-19-13-15-22(16-14-19)29(31)32/h3-16H,2,17-18H2,1H3. The average Bonchev–Trinajstić information content (AvgIpc) is 3.22. The number of thioether (sulfide) groups is 1. The van der Waals surface area contributed by atoms with Crippen LogP contribution in [0.15, 0.2) is 90.1 Å². The van der Waals surface area contributed by atoms with Gasteiger partial charge in [-0.3, -0.25) is 14.9 Å². The van der Waals surface area contributed by atoms with E-state index in [0.717, 1.165) is 28.1 Å². The zero-order valence-corrected chi connectivity index (χ0v) is 19.4. The van der Waals surface area contributed by atoms with Crippen LogP contribution in [0.5, 0.6) is 0 Å². The summed E-state index contributed by atoms with van der Waals surface area (Å²) in [4.78, 5) is 28.0. The van der Waals surface area contributed by atoms with E-state index in [-0.39, 0.29) is 18.2 Å². The predicted molar refractivity (Wildman–Crippen MR) is 132 cm³/mol. The molecule has 0 bridgehead atoms. The summed E-state index contributed by atoms with van der Waals surface area (Å²) < 4.78 is 7.14. The van der Waals surface area contributed by atoms with Crippen LogP contribution >= 0.6 is 11.8 Å². The minimum absolute atomic E-state index is 0.0283. The number of ether oxygens (including phenoxy) is 1. The molecule has 0 fully saturated rings. The van der Waals surface area contributed by atoms with Crippen LogP contribution in [0.2, 0.25) is 0 Å². The van der Waals surface area contributed by atoms with Crippen molar-refractivity contribution in [1.29, 1.82) is 0 Å². The molecule has 0 aliphatic rings. The topological polar surface area (TPSA) is 87.3 Å². The van der Waals surface area contributed by atoms with Crippen LogP contribution in [0.1, 0.15) is 12.5 Å². The smallest absolute Gasteiger partial charge is 0.326 e. The third-order valence-electron chi connectivity index (χ3n) is 5.13. The summed E-state index contributed by atoms with van der Waals surface area (Å²) in [6.45, 7) is 2.11. The first-order chi connectivity index (χ1) is 16.6. The van der Waals surface area contributed by atoms with Gasteiger partial charge in [-0.1, -0.05) is 84.6 Å². The van der Waals surface area contributed by atoms with Crippen LogP contribution in [0.25, 0.3) is 22.5 Å². The number of hydrogen-bond acceptors (Lipinski definition) is 6. The van der Waals surface area contributed by atoms with Gasteiger partial charge in [0.05, 0.1) is 22.9 Å². The molecule has 1 heterocycles. The van der Waals surface area contributed by atoms with Crippen molar-refractivity contribution in [2.24, 2.45) is 0 Å². The summed E-state index contributed by atoms with van der Waals surface area (Å²) >= 11 is 1.47. The molecule has 0 radical (unpaired) electrons. The number of hydrogen-bond donors (Lipinski definition) is 0. The van der Waals surface area contributed by atoms with Gasteiger partial charge in [0.2, 0.25) is 0 Å². The Labute approximate surface area is 201 Å². The van der Waals surface area contributed by atoms with E-state index in [1.165, 1.54) is 23.9 Å². The monoisotopic (exact) mass is 473 g/mol. The summed E-state index contributed by atoms with van der Waals surface area (Å²) in [6.07, 6.45) is 0. The third kappa shape index (κ3) is 5.35. The van der Waals surface area contributed by atoms with Crippen LogP contribution in [0, 0.1) is 10.1 Å². The second kappa shape index (κ2) is 10.8. The first-order valence-electron chi connectivity index (χ1n) is 10.8. The summed E-state index contributed by atoms with van der Waals surface area (Å²) in [5, 5.41) is 11.6. The Morgan fingerprint density at radius 3 is 2.18 bits per heavy atom. The van der Waals surface area contributed by atoms with Crippen molar-refractivity contribution in [2.75, 3.05) is 6.61 Å². The van der Waals surface area contributed by atoms with Gasteiger partial charge >= 0.3 is 5.97 Å². The molecular formula is C26H23N3O4S. The lowest BCUT2D eigenvalue weighted by molar-refractivity contribution is -0.384. The summed E-state index contributed by atoms with van der Waals surface area (Å²) in [5.41, 5.74) is 4.48. The second-order valence-corrected chi connectivity index (χ2v) is 8.37. The Hall–Kier alpha value is -3.91. The first kappa shape index (κ1) is 23.3. The lowest BCUT2D eigenvalue weighted by atomic mass is 10.0. The fourth-order valence-electron chi connectivity index (χ4n) is 3.57. The third-order valence-corrected chi connectivity index (χ3v) is 6.18. The fraction of sp³-hybridized carbons (Fsp3) is 0.154. The SMILES string of the molecule is CCOC(=O)Cn1c(SCc2ccc([N+](=O)[O-])cc2)nc(-c2ccccc2)c1-c1ccccc1. The van der Waals surface area contributed by atoms with Crippen LogP contribution in [0.4, 0.5) is 5.69 Å². The maximum Gasteiger partial charge on any atom is 0.326 e. The van der Waals surface area contributed by atoms with Gasteiger partial charge < -0.3 is 9.30 Å². The van der Waals surface area contributed by atoms with Gasteiger partial charge in [0.25, 0.3) is 5.69 Å². The van der Waals surface area contributed by atoms with Crippen molar-refractivity contribution in [3.63, 3.8) is 0 Å². The van der Waals surface area contributed by atoms with Gasteiger partial charge in [-0.2, -0.15) is 0 Å². The molecule has 0 aliphatic carbocycles. The minimum atomic E-state index is -0.415. The summed E-state index contributed by atoms with van der Waals surface area (Å²) in [5.74, 6) is 0.203. The number of rotatable bonds is 9. The molecule has 0 N–H and O–H groups in total. The molecule has 0 saturated carbocycles. The molecule has 0 spiro atoms. The number of imidazole rings is 1. The summed E-state index contributed by atoms with van der Waals surface area (Å²) in [7, 11) is 0. The first-order valence-corrected chi connectivity index (χ1v) is 11.8. The number of carbonyl (C=O) groups is 1. The molecule has 172 valence electrons. The van der Waals surface area contributed by atoms with E-state index < -0.39 is 4.92 Å². The maximum atomic E-state index is 12.5. The Kier molecular flexibility index (Phi) is 7.39. The zero-order chi connectivity index (χ0) is 23.9. The zero-order valence-electron chi connectivity index (χ0n) is 18.6. The van der Waals surface area contributed by atoms with E-state index in [0.29, 0.717) is 17.5 Å². The summed E-state index contributed by atoms with van der Waals surface area (Å²) in [6, 6.07) is 26.2. The number of carbonyl (C=O) groups excluding carboxylic acids is 1. The van der Waals surface area contributed by atoms with Crippen LogP contribution < -0.4 is 0 Å². The highest BCUT2D eigenvalue weighted by Gasteiger charge is 2.22. The highest BCUT2D eigenvalue weighted by atomic mass is 32.2. The highest BCUT2D eigenvalue weighted by molar-refractivity contribution is 7.98. The van der Waals surface area contributed by atoms with Gasteiger partial charge in [-0.15, -0.1) is 0 Å². The van der Waals surface area contributed by atoms with Gasteiger partial charge in [0.15, 0.2) is 5.16 Å². The highest BCUT2D eigenvalue weighted by Crippen LogP contribution is 2.37. The van der Waals surface area contributed by atoms with Crippen molar-refractivity contribution in [3.05, 3.63) is 101 Å². The van der Waals surface area contributed by atoms with Gasteiger partial charge in [-0.05, 0) is 12.5 Å². The van der Waals surface area contributed by atoms with Crippen molar-refractivity contribution >= 4 is 23.4 Å². The fourth-order valence-corrected chi connectivity index (χ4v) is 4.53. The van der Waals surface area contributed by atoms with Crippen molar-refractivity contribution in [3.8, 4) is 22.5 Å². The second-order valence-electron chi connectivity index (χ2n) is 7.43. The van der Waals surface area contributed by atoms with Crippen LogP contribution in [-0.2, 0) is 21.8 Å². The van der Waals surface area contributed by atoms with Crippen molar-refractivity contribution < 1.29 is 14.5 Å². The van der Waals surface area contributed by atoms with E-state index in [4.69, 9.17) is 9.72 Å². The largest absolute Gasteiger partial charge is 0.465 e. The Morgan fingerprint density at radius 2 is 1.59 bits per heavy atom. The van der Waals surface area contributed by atoms with E-state index >= 15 is 0 Å². The predicted octanol–water partition coefficient (Wildman–Crippen LogP) is 5.98. The van der Waals surface area contributed by atoms with E-state index in [9.17, 15) is 14.9 Å². The molecule has 0 amide bonds. The molecule has 8 heteroatoms. The van der Waals surface area contributed by atoms with Gasteiger partial charge in [-0.25, -0.2) is 4.98 Å². The number of aromatic nitrogens is 2. The van der Waals surface area contributed by atoms with Gasteiger partial charge in [0, 0.05) is 29.0 Å². The molecule has 0 atom stereocenters. The number of nitrogens with zero attached hydrogens (tertiary/aromatic N) is 3. The normalized spacial score (nSPS) is 10.7. The molecule has 4 aromatic rings. The van der Waals surface area contributed by atoms with Crippen molar-refractivity contribution in [1.82, 2.24) is 9.55 Å². The lowest BCUT2D eigenvalue weighted by Gasteiger charge is -2.12. The minimum Gasteiger partial charge on any atom is -0.465 e. The number of esters is 1. The number of nitro groups is 1. The van der Waals surface area contributed by atoms with E-state index in [2.05, 4.69) is 0 Å². The Morgan fingerprint density at radius 1 is 0.971 bits per heavy atom. The maximum absolute atomic E-state index is 12.5. The molecule has 0 aliphatic heterocycles. The Bertz CT molecular complexity index is 1270. The van der Waals surface area contributed by atoms with Crippen LogP contribution in [-0.4, -0.2) is 27.1 Å². The number of non-ortho nitro benzene ring substituents is 1. The number of benzene rings is 3. The molecule has 1 aromatic heterocycles. The van der Waals surface area contributed by atoms with Gasteiger partial charge in [0.1, 0.15) is 6.54 Å². The molecule has 4 rings (SSSR count). The molecule has 3 aromatic carbocycles. The molecule has 7 nitrogen and oxygen atoms in total. The molecular weight excluding hydrogens is 450 g/mol. The number of nitro benzene ring substituents is 1. The molecule has 34 heavy (non-hydrogen) atoms. The van der Waals surface area contributed by atoms with E-state index in [1.807, 2.05) is 65.2 Å². The average molecular weight is 474 g/mol.